The van der Waals surface area contributed by atoms with Gasteiger partial charge in [-0.1, -0.05) is 0 Å². The average molecular weight is 156 g/mol. The van der Waals surface area contributed by atoms with Gasteiger partial charge in [-0.3, -0.25) is 4.98 Å². The van der Waals surface area contributed by atoms with E-state index in [4.69, 9.17) is 0 Å². The molecule has 0 aliphatic rings. The molecule has 6 nitrogen and oxygen atoms in total. The minimum Gasteiger partial charge on any atom is -0.314 e. The monoisotopic (exact) mass is 156 g/mol. The zero-order valence-electron chi connectivity index (χ0n) is 6.24. The van der Waals surface area contributed by atoms with Gasteiger partial charge >= 0.3 is 11.4 Å². The van der Waals surface area contributed by atoms with Gasteiger partial charge in [-0.05, 0) is 0 Å². The predicted octanol–water partition coefficient (Wildman–Crippen LogP) is -1.87. The topological polar surface area (TPSA) is 71.0 Å². The van der Waals surface area contributed by atoms with Gasteiger partial charge in [0.05, 0.1) is 0 Å². The first-order valence-electron chi connectivity index (χ1n) is 2.97. The summed E-state index contributed by atoms with van der Waals surface area (Å²) in [7, 11) is 3.34. The lowest BCUT2D eigenvalue weighted by Gasteiger charge is -2.12. The molecule has 11 heavy (non-hydrogen) atoms. The molecule has 0 bridgehead atoms. The third kappa shape index (κ3) is 1.46. The van der Waals surface area contributed by atoms with Crippen LogP contribution in [0.5, 0.6) is 0 Å². The Morgan fingerprint density at radius 1 is 1.55 bits per heavy atom. The fourth-order valence-electron chi connectivity index (χ4n) is 0.626. The lowest BCUT2D eigenvalue weighted by Crippen LogP contribution is -2.40. The Morgan fingerprint density at radius 2 is 2.18 bits per heavy atom. The van der Waals surface area contributed by atoms with Crippen molar-refractivity contribution in [3.8, 4) is 0 Å². The van der Waals surface area contributed by atoms with E-state index in [9.17, 15) is 9.59 Å². The largest absolute Gasteiger partial charge is 0.350 e. The van der Waals surface area contributed by atoms with Crippen LogP contribution >= 0.6 is 0 Å². The van der Waals surface area contributed by atoms with Gasteiger partial charge in [0, 0.05) is 14.1 Å². The molecule has 1 N–H and O–H groups in total. The molecule has 0 unspecified atom stereocenters. The van der Waals surface area contributed by atoms with Crippen LogP contribution in [0.3, 0.4) is 0 Å². The van der Waals surface area contributed by atoms with Gasteiger partial charge in [0.1, 0.15) is 6.33 Å². The van der Waals surface area contributed by atoms with Crippen molar-refractivity contribution in [3.05, 3.63) is 27.3 Å². The van der Waals surface area contributed by atoms with E-state index in [1.807, 2.05) is 4.98 Å². The van der Waals surface area contributed by atoms with Gasteiger partial charge in [-0.15, -0.1) is 0 Å². The standard InChI is InChI=1S/C5H8N4O2/c1-8(2)9-3-6-4(10)7-5(9)11/h3H,1-2H3,(H,7,10,11). The Balaban J connectivity index is 3.32. The van der Waals surface area contributed by atoms with Crippen LogP contribution in [-0.4, -0.2) is 28.7 Å². The lowest BCUT2D eigenvalue weighted by molar-refractivity contribution is 0.645. The van der Waals surface area contributed by atoms with Crippen molar-refractivity contribution >= 4 is 0 Å². The van der Waals surface area contributed by atoms with Gasteiger partial charge in [0.25, 0.3) is 0 Å². The Labute approximate surface area is 62.1 Å². The van der Waals surface area contributed by atoms with Gasteiger partial charge in [-0.2, -0.15) is 9.66 Å². The lowest BCUT2D eigenvalue weighted by atomic mass is 11.0. The zero-order chi connectivity index (χ0) is 8.43. The van der Waals surface area contributed by atoms with Crippen LogP contribution in [0.4, 0.5) is 0 Å². The van der Waals surface area contributed by atoms with Gasteiger partial charge in [-0.25, -0.2) is 9.59 Å². The second-order valence-corrected chi connectivity index (χ2v) is 2.17. The maximum atomic E-state index is 10.9. The summed E-state index contributed by atoms with van der Waals surface area (Å²) in [5.41, 5.74) is -1.12. The molecule has 0 radical (unpaired) electrons. The van der Waals surface area contributed by atoms with Gasteiger partial charge in [0.15, 0.2) is 0 Å². The van der Waals surface area contributed by atoms with Crippen molar-refractivity contribution in [2.45, 2.75) is 0 Å². The van der Waals surface area contributed by atoms with Crippen LogP contribution in [0.15, 0.2) is 15.9 Å². The normalized spacial score (nSPS) is 9.64. The molecule has 0 aliphatic heterocycles. The van der Waals surface area contributed by atoms with E-state index in [-0.39, 0.29) is 0 Å². The first-order chi connectivity index (χ1) is 5.11. The van der Waals surface area contributed by atoms with E-state index in [0.717, 1.165) is 0 Å². The highest BCUT2D eigenvalue weighted by molar-refractivity contribution is 4.75. The van der Waals surface area contributed by atoms with Crippen molar-refractivity contribution < 1.29 is 0 Å². The third-order valence-electron chi connectivity index (χ3n) is 1.14. The highest BCUT2D eigenvalue weighted by Gasteiger charge is 1.96. The Hall–Kier alpha value is -1.59. The number of hydrogen-bond acceptors (Lipinski definition) is 4. The number of aromatic nitrogens is 3. The molecule has 0 amide bonds. The van der Waals surface area contributed by atoms with Crippen LogP contribution in [0.1, 0.15) is 0 Å². The summed E-state index contributed by atoms with van der Waals surface area (Å²) in [5.74, 6) is 0. The number of nitrogens with zero attached hydrogens (tertiary/aromatic N) is 3. The first-order valence-corrected chi connectivity index (χ1v) is 2.97. The van der Waals surface area contributed by atoms with E-state index < -0.39 is 11.4 Å². The molecule has 1 aromatic rings. The second kappa shape index (κ2) is 2.57. The highest BCUT2D eigenvalue weighted by Crippen LogP contribution is 1.68. The van der Waals surface area contributed by atoms with E-state index >= 15 is 0 Å². The van der Waals surface area contributed by atoms with Crippen molar-refractivity contribution in [2.75, 3.05) is 19.1 Å². The van der Waals surface area contributed by atoms with Crippen LogP contribution in [0.2, 0.25) is 0 Å². The molecule has 0 spiro atoms. The summed E-state index contributed by atoms with van der Waals surface area (Å²) in [4.78, 5) is 26.8. The minimum absolute atomic E-state index is 0.491. The molecule has 0 saturated carbocycles. The van der Waals surface area contributed by atoms with Crippen molar-refractivity contribution in [3.63, 3.8) is 0 Å². The molecule has 0 saturated heterocycles. The van der Waals surface area contributed by atoms with Crippen LogP contribution in [0.25, 0.3) is 0 Å². The molecule has 0 fully saturated rings. The maximum Gasteiger partial charge on any atom is 0.350 e. The summed E-state index contributed by atoms with van der Waals surface area (Å²) >= 11 is 0. The average Bonchev–Trinajstić information content (AvgIpc) is 1.85. The Kier molecular flexibility index (Phi) is 1.75. The first kappa shape index (κ1) is 7.52. The minimum atomic E-state index is -0.631. The zero-order valence-corrected chi connectivity index (χ0v) is 6.24. The van der Waals surface area contributed by atoms with Gasteiger partial charge in [0.2, 0.25) is 0 Å². The summed E-state index contributed by atoms with van der Waals surface area (Å²) in [6, 6.07) is 0. The summed E-state index contributed by atoms with van der Waals surface area (Å²) in [5, 5.41) is 1.51. The number of nitrogens with one attached hydrogen (secondary N) is 1. The number of hydrogen-bond donors (Lipinski definition) is 1. The van der Waals surface area contributed by atoms with Crippen molar-refractivity contribution in [2.24, 2.45) is 0 Å². The third-order valence-corrected chi connectivity index (χ3v) is 1.14. The van der Waals surface area contributed by atoms with E-state index in [1.54, 1.807) is 14.1 Å². The highest BCUT2D eigenvalue weighted by atomic mass is 16.2. The van der Waals surface area contributed by atoms with Gasteiger partial charge < -0.3 is 5.01 Å². The smallest absolute Gasteiger partial charge is 0.314 e. The number of H-pyrrole nitrogens is 1. The fraction of sp³-hybridized carbons (Fsp3) is 0.400. The van der Waals surface area contributed by atoms with Crippen molar-refractivity contribution in [1.82, 2.24) is 14.6 Å². The number of aromatic amines is 1. The van der Waals surface area contributed by atoms with Crippen LogP contribution in [-0.2, 0) is 0 Å². The van der Waals surface area contributed by atoms with E-state index in [1.165, 1.54) is 16.0 Å². The van der Waals surface area contributed by atoms with Crippen LogP contribution < -0.4 is 16.4 Å². The number of rotatable bonds is 1. The summed E-state index contributed by atoms with van der Waals surface area (Å²) in [6.45, 7) is 0. The molecule has 0 aliphatic carbocycles. The fourth-order valence-corrected chi connectivity index (χ4v) is 0.626. The summed E-state index contributed by atoms with van der Waals surface area (Å²) in [6.07, 6.45) is 1.17. The Bertz CT molecular complexity index is 350. The van der Waals surface area contributed by atoms with E-state index in [0.29, 0.717) is 0 Å². The molecule has 6 heteroatoms. The molecule has 1 heterocycles. The predicted molar refractivity (Wildman–Crippen MR) is 39.2 cm³/mol. The molecule has 1 rings (SSSR count). The molecule has 1 aromatic heterocycles. The molecule has 0 atom stereocenters. The van der Waals surface area contributed by atoms with Crippen LogP contribution in [0, 0.1) is 0 Å². The Morgan fingerprint density at radius 3 is 2.64 bits per heavy atom. The van der Waals surface area contributed by atoms with Crippen molar-refractivity contribution in [1.29, 1.82) is 0 Å². The SMILES string of the molecule is CN(C)n1cnc(=O)[nH]c1=O. The van der Waals surface area contributed by atoms with E-state index in [2.05, 4.69) is 4.98 Å². The second-order valence-electron chi connectivity index (χ2n) is 2.17. The molecule has 0 aromatic carbocycles. The molecular formula is C5H8N4O2. The maximum absolute atomic E-state index is 10.9. The summed E-state index contributed by atoms with van der Waals surface area (Å²) < 4.78 is 1.18. The molecule has 60 valence electrons. The quantitative estimate of drug-likeness (QED) is 0.517. The molecular weight excluding hydrogens is 148 g/mol.